The highest BCUT2D eigenvalue weighted by Crippen LogP contribution is 2.14. The van der Waals surface area contributed by atoms with Gasteiger partial charge in [-0.05, 0) is 25.7 Å². The molecule has 60 valence electrons. The van der Waals surface area contributed by atoms with Crippen molar-refractivity contribution in [1.29, 1.82) is 0 Å². The summed E-state index contributed by atoms with van der Waals surface area (Å²) in [6.07, 6.45) is 7.15. The third-order valence-electron chi connectivity index (χ3n) is 2.30. The van der Waals surface area contributed by atoms with Crippen LogP contribution in [-0.2, 0) is 0 Å². The summed E-state index contributed by atoms with van der Waals surface area (Å²) in [4.78, 5) is 0. The second-order valence-electron chi connectivity index (χ2n) is 3.38. The number of rotatable bonds is 0. The number of hydrogen-bond acceptors (Lipinski definition) is 2. The van der Waals surface area contributed by atoms with E-state index in [1.165, 1.54) is 38.5 Å². The van der Waals surface area contributed by atoms with E-state index >= 15 is 0 Å². The molecule has 0 saturated heterocycles. The molecule has 1 fully saturated rings. The van der Waals surface area contributed by atoms with Crippen LogP contribution in [-0.4, -0.2) is 12.1 Å². The Kier molecular flexibility index (Phi) is 3.16. The molecule has 1 rings (SSSR count). The molecule has 0 aromatic heterocycles. The maximum Gasteiger partial charge on any atom is 0.00388 e. The van der Waals surface area contributed by atoms with E-state index in [2.05, 4.69) is 0 Å². The summed E-state index contributed by atoms with van der Waals surface area (Å²) in [7, 11) is 0. The lowest BCUT2D eigenvalue weighted by molar-refractivity contribution is 0.418. The van der Waals surface area contributed by atoms with Crippen molar-refractivity contribution >= 4 is 0 Å². The van der Waals surface area contributed by atoms with Gasteiger partial charge in [-0.2, -0.15) is 0 Å². The lowest BCUT2D eigenvalue weighted by Crippen LogP contribution is -2.27. The molecule has 1 aliphatic rings. The van der Waals surface area contributed by atoms with Crippen molar-refractivity contribution in [2.45, 2.75) is 50.6 Å². The zero-order valence-corrected chi connectivity index (χ0v) is 6.55. The first kappa shape index (κ1) is 8.02. The fraction of sp³-hybridized carbons (Fsp3) is 1.00. The van der Waals surface area contributed by atoms with Crippen LogP contribution in [0.1, 0.15) is 38.5 Å². The van der Waals surface area contributed by atoms with E-state index in [4.69, 9.17) is 11.5 Å². The van der Waals surface area contributed by atoms with E-state index in [1.54, 1.807) is 0 Å². The Hall–Kier alpha value is -0.0800. The van der Waals surface area contributed by atoms with Crippen molar-refractivity contribution in [3.63, 3.8) is 0 Å². The van der Waals surface area contributed by atoms with Crippen LogP contribution in [0.4, 0.5) is 0 Å². The summed E-state index contributed by atoms with van der Waals surface area (Å²) in [5.41, 5.74) is 11.6. The van der Waals surface area contributed by atoms with Gasteiger partial charge >= 0.3 is 0 Å². The van der Waals surface area contributed by atoms with Gasteiger partial charge in [-0.25, -0.2) is 0 Å². The fourth-order valence-electron chi connectivity index (χ4n) is 1.57. The molecule has 0 aromatic carbocycles. The van der Waals surface area contributed by atoms with Crippen molar-refractivity contribution in [3.8, 4) is 0 Å². The minimum atomic E-state index is 0.451. The Labute approximate surface area is 63.0 Å². The average molecular weight is 142 g/mol. The van der Waals surface area contributed by atoms with E-state index in [0.717, 1.165) is 0 Å². The Morgan fingerprint density at radius 2 is 1.00 bits per heavy atom. The van der Waals surface area contributed by atoms with E-state index < -0.39 is 0 Å². The Morgan fingerprint density at radius 1 is 0.700 bits per heavy atom. The van der Waals surface area contributed by atoms with E-state index in [0.29, 0.717) is 12.1 Å². The van der Waals surface area contributed by atoms with Crippen molar-refractivity contribution in [3.05, 3.63) is 0 Å². The van der Waals surface area contributed by atoms with Gasteiger partial charge in [0.15, 0.2) is 0 Å². The van der Waals surface area contributed by atoms with Crippen LogP contribution in [0, 0.1) is 0 Å². The third-order valence-corrected chi connectivity index (χ3v) is 2.30. The third kappa shape index (κ3) is 2.67. The molecule has 0 atom stereocenters. The fourth-order valence-corrected chi connectivity index (χ4v) is 1.57. The van der Waals surface area contributed by atoms with Crippen LogP contribution >= 0.6 is 0 Å². The van der Waals surface area contributed by atoms with Gasteiger partial charge < -0.3 is 11.5 Å². The van der Waals surface area contributed by atoms with Crippen molar-refractivity contribution in [2.24, 2.45) is 11.5 Å². The first-order valence-corrected chi connectivity index (χ1v) is 4.30. The summed E-state index contributed by atoms with van der Waals surface area (Å²) >= 11 is 0. The first-order valence-electron chi connectivity index (χ1n) is 4.30. The molecule has 2 heteroatoms. The van der Waals surface area contributed by atoms with Crippen LogP contribution in [0.2, 0.25) is 0 Å². The minimum Gasteiger partial charge on any atom is -0.328 e. The van der Waals surface area contributed by atoms with Gasteiger partial charge in [0.2, 0.25) is 0 Å². The SMILES string of the molecule is N[C@H]1CCC[C@@H](N)CCC1. The number of nitrogens with two attached hydrogens (primary N) is 2. The molecule has 10 heavy (non-hydrogen) atoms. The van der Waals surface area contributed by atoms with Gasteiger partial charge in [-0.15, -0.1) is 0 Å². The normalized spacial score (nSPS) is 36.6. The topological polar surface area (TPSA) is 52.0 Å². The minimum absolute atomic E-state index is 0.451. The first-order chi connectivity index (χ1) is 4.79. The molecule has 0 heterocycles. The Bertz CT molecular complexity index is 73.3. The molecule has 0 aromatic rings. The summed E-state index contributed by atoms with van der Waals surface area (Å²) in [5, 5.41) is 0. The van der Waals surface area contributed by atoms with Gasteiger partial charge in [0.05, 0.1) is 0 Å². The van der Waals surface area contributed by atoms with Crippen LogP contribution in [0.3, 0.4) is 0 Å². The standard InChI is InChI=1S/C8H18N2/c9-7-3-1-4-8(10)6-2-5-7/h7-8H,1-6,9-10H2/t7-,8+. The van der Waals surface area contributed by atoms with Gasteiger partial charge in [-0.1, -0.05) is 12.8 Å². The van der Waals surface area contributed by atoms with Crippen LogP contribution in [0.5, 0.6) is 0 Å². The maximum atomic E-state index is 5.81. The van der Waals surface area contributed by atoms with E-state index in [1.807, 2.05) is 0 Å². The molecule has 1 saturated carbocycles. The molecule has 0 amide bonds. The summed E-state index contributed by atoms with van der Waals surface area (Å²) in [6.45, 7) is 0. The molecule has 1 aliphatic carbocycles. The van der Waals surface area contributed by atoms with Gasteiger partial charge in [0.1, 0.15) is 0 Å². The van der Waals surface area contributed by atoms with Gasteiger partial charge in [-0.3, -0.25) is 0 Å². The van der Waals surface area contributed by atoms with Crippen LogP contribution < -0.4 is 11.5 Å². The highest BCUT2D eigenvalue weighted by molar-refractivity contribution is 4.70. The number of hydrogen-bond donors (Lipinski definition) is 2. The lowest BCUT2D eigenvalue weighted by atomic mass is 9.95. The lowest BCUT2D eigenvalue weighted by Gasteiger charge is -2.18. The monoisotopic (exact) mass is 142 g/mol. The highest BCUT2D eigenvalue weighted by atomic mass is 14.7. The quantitative estimate of drug-likeness (QED) is 0.530. The highest BCUT2D eigenvalue weighted by Gasteiger charge is 2.10. The molecule has 2 nitrogen and oxygen atoms in total. The van der Waals surface area contributed by atoms with Crippen molar-refractivity contribution in [1.82, 2.24) is 0 Å². The summed E-state index contributed by atoms with van der Waals surface area (Å²) in [6, 6.07) is 0.903. The van der Waals surface area contributed by atoms with Gasteiger partial charge in [0.25, 0.3) is 0 Å². The smallest absolute Gasteiger partial charge is 0.00388 e. The predicted molar refractivity (Wildman–Crippen MR) is 43.7 cm³/mol. The molecular weight excluding hydrogens is 124 g/mol. The molecule has 0 bridgehead atoms. The predicted octanol–water partition coefficient (Wildman–Crippen LogP) is 0.995. The molecule has 4 N–H and O–H groups in total. The molecule has 0 aliphatic heterocycles. The maximum absolute atomic E-state index is 5.81. The molecule has 0 spiro atoms. The van der Waals surface area contributed by atoms with Gasteiger partial charge in [0, 0.05) is 12.1 Å². The summed E-state index contributed by atoms with van der Waals surface area (Å²) in [5.74, 6) is 0. The second kappa shape index (κ2) is 3.94. The molecule has 0 unspecified atom stereocenters. The zero-order chi connectivity index (χ0) is 7.40. The van der Waals surface area contributed by atoms with Crippen LogP contribution in [0.25, 0.3) is 0 Å². The molecule has 0 radical (unpaired) electrons. The Balaban J connectivity index is 2.21. The van der Waals surface area contributed by atoms with Crippen molar-refractivity contribution < 1.29 is 0 Å². The second-order valence-corrected chi connectivity index (χ2v) is 3.38. The average Bonchev–Trinajstić information content (AvgIpc) is 1.84. The van der Waals surface area contributed by atoms with E-state index in [9.17, 15) is 0 Å². The van der Waals surface area contributed by atoms with Crippen LogP contribution in [0.15, 0.2) is 0 Å². The van der Waals surface area contributed by atoms with E-state index in [-0.39, 0.29) is 0 Å². The largest absolute Gasteiger partial charge is 0.328 e. The Morgan fingerprint density at radius 3 is 1.30 bits per heavy atom. The van der Waals surface area contributed by atoms with Crippen molar-refractivity contribution in [2.75, 3.05) is 0 Å². The molecular formula is C8H18N2. The summed E-state index contributed by atoms with van der Waals surface area (Å²) < 4.78 is 0. The zero-order valence-electron chi connectivity index (χ0n) is 6.55.